The number of aromatic nitrogens is 2. The van der Waals surface area contributed by atoms with Gasteiger partial charge >= 0.3 is 5.97 Å². The Hall–Kier alpha value is -1.65. The maximum absolute atomic E-state index is 11.3. The molecule has 1 aromatic rings. The van der Waals surface area contributed by atoms with E-state index in [4.69, 9.17) is 0 Å². The van der Waals surface area contributed by atoms with Gasteiger partial charge in [-0.1, -0.05) is 26.7 Å². The molecule has 5 heteroatoms. The van der Waals surface area contributed by atoms with Gasteiger partial charge in [0.1, 0.15) is 5.56 Å². The van der Waals surface area contributed by atoms with Crippen LogP contribution in [0.25, 0.3) is 0 Å². The molecule has 0 aliphatic heterocycles. The highest BCUT2D eigenvalue weighted by Crippen LogP contribution is 2.18. The first-order valence-electron chi connectivity index (χ1n) is 6.74. The molecule has 1 rings (SSSR count). The Kier molecular flexibility index (Phi) is 5.73. The van der Waals surface area contributed by atoms with Crippen LogP contribution in [0.3, 0.4) is 0 Å². The highest BCUT2D eigenvalue weighted by molar-refractivity contribution is 5.94. The minimum Gasteiger partial charge on any atom is -0.478 e. The Bertz CT molecular complexity index is 445. The third-order valence-electron chi connectivity index (χ3n) is 3.17. The highest BCUT2D eigenvalue weighted by atomic mass is 16.4. The van der Waals surface area contributed by atoms with Crippen molar-refractivity contribution in [3.05, 3.63) is 16.8 Å². The van der Waals surface area contributed by atoms with Gasteiger partial charge in [0.2, 0.25) is 0 Å². The number of carboxylic acids is 1. The summed E-state index contributed by atoms with van der Waals surface area (Å²) in [5, 5.41) is 20.2. The monoisotopic (exact) mass is 265 g/mol. The predicted molar refractivity (Wildman–Crippen MR) is 75.6 cm³/mol. The number of unbranched alkanes of at least 4 members (excludes halogenated alkanes) is 1. The lowest BCUT2D eigenvalue weighted by Crippen LogP contribution is -2.13. The van der Waals surface area contributed by atoms with Crippen molar-refractivity contribution >= 4 is 11.8 Å². The van der Waals surface area contributed by atoms with Crippen molar-refractivity contribution in [1.82, 2.24) is 10.2 Å². The number of hydrogen-bond acceptors (Lipinski definition) is 4. The molecule has 0 saturated carbocycles. The molecule has 0 saturated heterocycles. The standard InChI is InChI=1S/C14H23N3O2/c1-9(2)7-5-6-8-15-13-12(14(18)19)10(3)11(4)16-17-13/h9H,5-8H2,1-4H3,(H,15,17)(H,18,19). The van der Waals surface area contributed by atoms with Crippen molar-refractivity contribution in [2.75, 3.05) is 11.9 Å². The van der Waals surface area contributed by atoms with Crippen molar-refractivity contribution in [1.29, 1.82) is 0 Å². The first kappa shape index (κ1) is 15.4. The van der Waals surface area contributed by atoms with Crippen LogP contribution in [-0.2, 0) is 0 Å². The van der Waals surface area contributed by atoms with Gasteiger partial charge in [0.05, 0.1) is 5.69 Å². The van der Waals surface area contributed by atoms with E-state index in [-0.39, 0.29) is 5.56 Å². The quantitative estimate of drug-likeness (QED) is 0.741. The SMILES string of the molecule is Cc1nnc(NCCCCC(C)C)c(C(=O)O)c1C. The van der Waals surface area contributed by atoms with E-state index in [1.54, 1.807) is 13.8 Å². The van der Waals surface area contributed by atoms with Crippen LogP contribution < -0.4 is 5.32 Å². The summed E-state index contributed by atoms with van der Waals surface area (Å²) in [4.78, 5) is 11.3. The van der Waals surface area contributed by atoms with Crippen LogP contribution in [0.2, 0.25) is 0 Å². The number of rotatable bonds is 7. The number of aromatic carboxylic acids is 1. The summed E-state index contributed by atoms with van der Waals surface area (Å²) in [6.45, 7) is 8.65. The lowest BCUT2D eigenvalue weighted by molar-refractivity contribution is 0.0696. The molecule has 1 heterocycles. The molecule has 0 spiro atoms. The molecule has 0 bridgehead atoms. The second-order valence-corrected chi connectivity index (χ2v) is 5.26. The Morgan fingerprint density at radius 3 is 2.53 bits per heavy atom. The van der Waals surface area contributed by atoms with Crippen LogP contribution in [0.15, 0.2) is 0 Å². The molecule has 0 unspecified atom stereocenters. The van der Waals surface area contributed by atoms with E-state index in [0.29, 0.717) is 23.0 Å². The summed E-state index contributed by atoms with van der Waals surface area (Å²) in [6.07, 6.45) is 3.32. The van der Waals surface area contributed by atoms with Crippen molar-refractivity contribution in [2.45, 2.75) is 47.0 Å². The van der Waals surface area contributed by atoms with Crippen LogP contribution in [0.1, 0.15) is 54.7 Å². The van der Waals surface area contributed by atoms with Gasteiger partial charge in [-0.05, 0) is 31.7 Å². The third kappa shape index (κ3) is 4.50. The van der Waals surface area contributed by atoms with Gasteiger partial charge in [0, 0.05) is 6.54 Å². The van der Waals surface area contributed by atoms with Crippen LogP contribution in [0.5, 0.6) is 0 Å². The van der Waals surface area contributed by atoms with Crippen molar-refractivity contribution in [3.63, 3.8) is 0 Å². The molecule has 1 aromatic heterocycles. The number of aryl methyl sites for hydroxylation is 1. The number of hydrogen-bond donors (Lipinski definition) is 2. The van der Waals surface area contributed by atoms with Gasteiger partial charge in [-0.15, -0.1) is 5.10 Å². The van der Waals surface area contributed by atoms with Crippen LogP contribution in [0, 0.1) is 19.8 Å². The van der Waals surface area contributed by atoms with Crippen LogP contribution >= 0.6 is 0 Å². The zero-order valence-corrected chi connectivity index (χ0v) is 12.2. The molecule has 106 valence electrons. The van der Waals surface area contributed by atoms with Gasteiger partial charge in [-0.2, -0.15) is 5.10 Å². The molecule has 5 nitrogen and oxygen atoms in total. The average Bonchev–Trinajstić information content (AvgIpc) is 2.32. The maximum atomic E-state index is 11.3. The molecular formula is C14H23N3O2. The van der Waals surface area contributed by atoms with Gasteiger partial charge in [-0.25, -0.2) is 4.79 Å². The van der Waals surface area contributed by atoms with E-state index in [0.717, 1.165) is 19.4 Å². The molecule has 0 amide bonds. The fourth-order valence-corrected chi connectivity index (χ4v) is 1.88. The highest BCUT2D eigenvalue weighted by Gasteiger charge is 2.17. The lowest BCUT2D eigenvalue weighted by Gasteiger charge is -2.11. The molecule has 0 fully saturated rings. The van der Waals surface area contributed by atoms with Gasteiger partial charge < -0.3 is 10.4 Å². The van der Waals surface area contributed by atoms with E-state index in [9.17, 15) is 9.90 Å². The van der Waals surface area contributed by atoms with E-state index in [1.807, 2.05) is 0 Å². The summed E-state index contributed by atoms with van der Waals surface area (Å²) in [7, 11) is 0. The van der Waals surface area contributed by atoms with Gasteiger partial charge in [0.15, 0.2) is 5.82 Å². The van der Waals surface area contributed by atoms with Gasteiger partial charge in [0.25, 0.3) is 0 Å². The summed E-state index contributed by atoms with van der Waals surface area (Å²) in [5.74, 6) is 0.122. The summed E-state index contributed by atoms with van der Waals surface area (Å²) in [5.41, 5.74) is 1.56. The Balaban J connectivity index is 2.63. The first-order chi connectivity index (χ1) is 8.93. The van der Waals surface area contributed by atoms with E-state index < -0.39 is 5.97 Å². The smallest absolute Gasteiger partial charge is 0.339 e. The maximum Gasteiger partial charge on any atom is 0.339 e. The van der Waals surface area contributed by atoms with E-state index in [1.165, 1.54) is 6.42 Å². The Morgan fingerprint density at radius 2 is 1.95 bits per heavy atom. The summed E-state index contributed by atoms with van der Waals surface area (Å²) in [6, 6.07) is 0. The average molecular weight is 265 g/mol. The molecule has 0 aromatic carbocycles. The molecule has 2 N–H and O–H groups in total. The molecule has 0 aliphatic rings. The van der Waals surface area contributed by atoms with Crippen molar-refractivity contribution in [3.8, 4) is 0 Å². The molecule has 19 heavy (non-hydrogen) atoms. The fraction of sp³-hybridized carbons (Fsp3) is 0.643. The largest absolute Gasteiger partial charge is 0.478 e. The topological polar surface area (TPSA) is 75.1 Å². The number of anilines is 1. The molecule has 0 aliphatic carbocycles. The minimum atomic E-state index is -0.958. The van der Waals surface area contributed by atoms with Crippen LogP contribution in [0.4, 0.5) is 5.82 Å². The minimum absolute atomic E-state index is 0.233. The third-order valence-corrected chi connectivity index (χ3v) is 3.17. The number of carbonyl (C=O) groups is 1. The van der Waals surface area contributed by atoms with Gasteiger partial charge in [-0.3, -0.25) is 0 Å². The van der Waals surface area contributed by atoms with Crippen molar-refractivity contribution < 1.29 is 9.90 Å². The van der Waals surface area contributed by atoms with E-state index >= 15 is 0 Å². The normalized spacial score (nSPS) is 10.8. The summed E-state index contributed by atoms with van der Waals surface area (Å²) < 4.78 is 0. The number of nitrogens with zero attached hydrogens (tertiary/aromatic N) is 2. The first-order valence-corrected chi connectivity index (χ1v) is 6.74. The number of carboxylic acid groups (broad SMARTS) is 1. The lowest BCUT2D eigenvalue weighted by atomic mass is 10.1. The summed E-state index contributed by atoms with van der Waals surface area (Å²) >= 11 is 0. The van der Waals surface area contributed by atoms with E-state index in [2.05, 4.69) is 29.4 Å². The predicted octanol–water partition coefficient (Wildman–Crippen LogP) is 3.03. The Labute approximate surface area is 114 Å². The zero-order chi connectivity index (χ0) is 14.4. The second kappa shape index (κ2) is 7.07. The zero-order valence-electron chi connectivity index (χ0n) is 12.2. The van der Waals surface area contributed by atoms with Crippen molar-refractivity contribution in [2.24, 2.45) is 5.92 Å². The number of nitrogens with one attached hydrogen (secondary N) is 1. The van der Waals surface area contributed by atoms with Crippen LogP contribution in [-0.4, -0.2) is 27.8 Å². The second-order valence-electron chi connectivity index (χ2n) is 5.26. The molecule has 0 atom stereocenters. The Morgan fingerprint density at radius 1 is 1.26 bits per heavy atom. The fourth-order valence-electron chi connectivity index (χ4n) is 1.88. The molecule has 0 radical (unpaired) electrons. The molecular weight excluding hydrogens is 242 g/mol.